The van der Waals surface area contributed by atoms with Crippen molar-refractivity contribution >= 4 is 5.97 Å². The normalized spacial score (nSPS) is 39.6. The Bertz CT molecular complexity index is 372. The van der Waals surface area contributed by atoms with E-state index >= 15 is 0 Å². The number of carboxylic acid groups (broad SMARTS) is 1. The molecule has 3 fully saturated rings. The van der Waals surface area contributed by atoms with Crippen LogP contribution in [0.2, 0.25) is 0 Å². The zero-order valence-corrected chi connectivity index (χ0v) is 12.3. The Kier molecular flexibility index (Phi) is 4.02. The highest BCUT2D eigenvalue weighted by molar-refractivity contribution is 5.79. The number of nitrogens with zero attached hydrogens (tertiary/aromatic N) is 1. The van der Waals surface area contributed by atoms with Crippen LogP contribution in [-0.4, -0.2) is 59.4 Å². The fourth-order valence-corrected chi connectivity index (χ4v) is 3.74. The molecule has 1 aliphatic heterocycles. The molecule has 2 saturated carbocycles. The number of aliphatic carboxylic acids is 1. The van der Waals surface area contributed by atoms with Gasteiger partial charge in [-0.15, -0.1) is 0 Å². The molecule has 2 N–H and O–H groups in total. The maximum atomic E-state index is 11.8. The molecule has 3 aliphatic rings. The third-order valence-electron chi connectivity index (χ3n) is 4.98. The molecule has 0 spiro atoms. The molecule has 1 heterocycles. The van der Waals surface area contributed by atoms with Crippen molar-refractivity contribution in [1.82, 2.24) is 10.2 Å². The molecule has 3 rings (SSSR count). The first-order valence-electron chi connectivity index (χ1n) is 7.96. The van der Waals surface area contributed by atoms with Gasteiger partial charge in [0.25, 0.3) is 0 Å². The smallest absolute Gasteiger partial charge is 0.323 e. The number of nitrogens with one attached hydrogen (secondary N) is 1. The fraction of sp³-hybridized carbons (Fsp3) is 0.933. The van der Waals surface area contributed by atoms with Crippen molar-refractivity contribution in [3.63, 3.8) is 0 Å². The van der Waals surface area contributed by atoms with Crippen LogP contribution in [0, 0.1) is 0 Å². The predicted octanol–water partition coefficient (Wildman–Crippen LogP) is 1.23. The summed E-state index contributed by atoms with van der Waals surface area (Å²) in [6, 6.07) is 0.825. The average molecular weight is 282 g/mol. The summed E-state index contributed by atoms with van der Waals surface area (Å²) in [7, 11) is 0. The SMILES string of the molecule is CC1CN(C2CCCC(NC3CC3)(C(=O)O)C2)CCO1. The van der Waals surface area contributed by atoms with Crippen LogP contribution in [0.25, 0.3) is 0 Å². The highest BCUT2D eigenvalue weighted by atomic mass is 16.5. The maximum Gasteiger partial charge on any atom is 0.323 e. The van der Waals surface area contributed by atoms with Gasteiger partial charge in [-0.05, 0) is 45.4 Å². The Morgan fingerprint density at radius 3 is 2.85 bits per heavy atom. The first-order valence-corrected chi connectivity index (χ1v) is 7.96. The highest BCUT2D eigenvalue weighted by Gasteiger charge is 2.47. The van der Waals surface area contributed by atoms with Crippen molar-refractivity contribution in [2.24, 2.45) is 0 Å². The van der Waals surface area contributed by atoms with Crippen LogP contribution in [-0.2, 0) is 9.53 Å². The second-order valence-electron chi connectivity index (χ2n) is 6.73. The minimum Gasteiger partial charge on any atom is -0.480 e. The Hall–Kier alpha value is -0.650. The third kappa shape index (κ3) is 3.00. The molecule has 1 saturated heterocycles. The molecule has 5 heteroatoms. The number of carbonyl (C=O) groups is 1. The zero-order chi connectivity index (χ0) is 14.2. The summed E-state index contributed by atoms with van der Waals surface area (Å²) in [5.74, 6) is -0.657. The largest absolute Gasteiger partial charge is 0.480 e. The van der Waals surface area contributed by atoms with Crippen LogP contribution in [0.5, 0.6) is 0 Å². The van der Waals surface area contributed by atoms with Gasteiger partial charge >= 0.3 is 5.97 Å². The minimum absolute atomic E-state index is 0.265. The molecular formula is C15H26N2O3. The lowest BCUT2D eigenvalue weighted by atomic mass is 9.78. The number of rotatable bonds is 4. The van der Waals surface area contributed by atoms with Gasteiger partial charge in [0.05, 0.1) is 12.7 Å². The monoisotopic (exact) mass is 282 g/mol. The lowest BCUT2D eigenvalue weighted by Crippen LogP contribution is -2.60. The summed E-state index contributed by atoms with van der Waals surface area (Å²) >= 11 is 0. The summed E-state index contributed by atoms with van der Waals surface area (Å²) in [6.07, 6.45) is 6.17. The Balaban J connectivity index is 1.68. The number of hydrogen-bond acceptors (Lipinski definition) is 4. The molecule has 5 nitrogen and oxygen atoms in total. The van der Waals surface area contributed by atoms with Crippen molar-refractivity contribution in [3.8, 4) is 0 Å². The fourth-order valence-electron chi connectivity index (χ4n) is 3.74. The lowest BCUT2D eigenvalue weighted by Gasteiger charge is -2.45. The van der Waals surface area contributed by atoms with Crippen LogP contribution in [0.4, 0.5) is 0 Å². The van der Waals surface area contributed by atoms with E-state index in [2.05, 4.69) is 17.1 Å². The molecule has 3 atom stereocenters. The van der Waals surface area contributed by atoms with E-state index in [-0.39, 0.29) is 6.10 Å². The Morgan fingerprint density at radius 1 is 1.40 bits per heavy atom. The lowest BCUT2D eigenvalue weighted by molar-refractivity contribution is -0.148. The summed E-state index contributed by atoms with van der Waals surface area (Å²) in [4.78, 5) is 14.3. The van der Waals surface area contributed by atoms with Gasteiger partial charge in [0.1, 0.15) is 5.54 Å². The van der Waals surface area contributed by atoms with Crippen molar-refractivity contribution in [1.29, 1.82) is 0 Å². The van der Waals surface area contributed by atoms with E-state index in [0.717, 1.165) is 58.2 Å². The van der Waals surface area contributed by atoms with Gasteiger partial charge in [0.2, 0.25) is 0 Å². The first-order chi connectivity index (χ1) is 9.59. The van der Waals surface area contributed by atoms with Gasteiger partial charge in [0.15, 0.2) is 0 Å². The van der Waals surface area contributed by atoms with Crippen LogP contribution in [0.1, 0.15) is 45.4 Å². The van der Waals surface area contributed by atoms with E-state index in [4.69, 9.17) is 4.74 Å². The van der Waals surface area contributed by atoms with Crippen molar-refractivity contribution in [3.05, 3.63) is 0 Å². The van der Waals surface area contributed by atoms with E-state index in [0.29, 0.717) is 12.1 Å². The second-order valence-corrected chi connectivity index (χ2v) is 6.73. The summed E-state index contributed by atoms with van der Waals surface area (Å²) < 4.78 is 5.60. The van der Waals surface area contributed by atoms with Crippen LogP contribution in [0.3, 0.4) is 0 Å². The van der Waals surface area contributed by atoms with Crippen molar-refractivity contribution in [2.45, 2.75) is 69.2 Å². The first kappa shape index (κ1) is 14.3. The molecule has 0 amide bonds. The van der Waals surface area contributed by atoms with E-state index in [1.165, 1.54) is 0 Å². The van der Waals surface area contributed by atoms with E-state index in [9.17, 15) is 9.90 Å². The topological polar surface area (TPSA) is 61.8 Å². The zero-order valence-electron chi connectivity index (χ0n) is 12.3. The quantitative estimate of drug-likeness (QED) is 0.812. The summed E-state index contributed by atoms with van der Waals surface area (Å²) in [5.41, 5.74) is -0.689. The second kappa shape index (κ2) is 5.62. The van der Waals surface area contributed by atoms with E-state index in [1.54, 1.807) is 0 Å². The van der Waals surface area contributed by atoms with Gasteiger partial charge in [-0.2, -0.15) is 0 Å². The Morgan fingerprint density at radius 2 is 2.20 bits per heavy atom. The van der Waals surface area contributed by atoms with Gasteiger partial charge in [0, 0.05) is 25.2 Å². The van der Waals surface area contributed by atoms with Crippen LogP contribution >= 0.6 is 0 Å². The van der Waals surface area contributed by atoms with Crippen LogP contribution in [0.15, 0.2) is 0 Å². The third-order valence-corrected chi connectivity index (χ3v) is 4.98. The number of ether oxygens (including phenoxy) is 1. The molecule has 0 aromatic heterocycles. The molecule has 0 aromatic carbocycles. The van der Waals surface area contributed by atoms with Gasteiger partial charge in [-0.1, -0.05) is 0 Å². The summed E-state index contributed by atoms with van der Waals surface area (Å²) in [6.45, 7) is 4.74. The average Bonchev–Trinajstić information content (AvgIpc) is 3.23. The molecular weight excluding hydrogens is 256 g/mol. The standard InChI is InChI=1S/C15H26N2O3/c1-11-10-17(7-8-20-11)13-3-2-6-15(9-13,14(18)19)16-12-4-5-12/h11-13,16H,2-10H2,1H3,(H,18,19). The van der Waals surface area contributed by atoms with Gasteiger partial charge < -0.3 is 9.84 Å². The van der Waals surface area contributed by atoms with Gasteiger partial charge in [-0.3, -0.25) is 15.0 Å². The molecule has 0 radical (unpaired) electrons. The van der Waals surface area contributed by atoms with Crippen molar-refractivity contribution < 1.29 is 14.6 Å². The molecule has 20 heavy (non-hydrogen) atoms. The molecule has 0 aromatic rings. The van der Waals surface area contributed by atoms with E-state index < -0.39 is 11.5 Å². The number of carboxylic acids is 1. The molecule has 0 bridgehead atoms. The number of hydrogen-bond donors (Lipinski definition) is 2. The molecule has 114 valence electrons. The minimum atomic E-state index is -0.689. The van der Waals surface area contributed by atoms with E-state index in [1.807, 2.05) is 0 Å². The van der Waals surface area contributed by atoms with Crippen LogP contribution < -0.4 is 5.32 Å². The Labute approximate surface area is 120 Å². The van der Waals surface area contributed by atoms with Crippen molar-refractivity contribution in [2.75, 3.05) is 19.7 Å². The highest BCUT2D eigenvalue weighted by Crippen LogP contribution is 2.35. The molecule has 3 unspecified atom stereocenters. The summed E-state index contributed by atoms with van der Waals surface area (Å²) in [5, 5.41) is 13.2. The molecule has 2 aliphatic carbocycles. The number of morpholine rings is 1. The van der Waals surface area contributed by atoms with Gasteiger partial charge in [-0.25, -0.2) is 0 Å². The predicted molar refractivity (Wildman–Crippen MR) is 75.8 cm³/mol. The maximum absolute atomic E-state index is 11.8.